The van der Waals surface area contributed by atoms with Crippen molar-refractivity contribution in [2.24, 2.45) is 0 Å². The zero-order valence-electron chi connectivity index (χ0n) is 15.0. The van der Waals surface area contributed by atoms with E-state index in [9.17, 15) is 17.6 Å². The minimum atomic E-state index is -3.79. The SMILES string of the molecule is COC(=O)c1ccccc1S(=O)(=O)N1CCN(Cc2ccc(F)cc2)CC1. The standard InChI is InChI=1S/C19H21FN2O4S/c1-26-19(23)17-4-2-3-5-18(17)27(24,25)22-12-10-21(11-13-22)14-15-6-8-16(20)9-7-15/h2-9H,10-14H2,1H3. The zero-order valence-corrected chi connectivity index (χ0v) is 15.8. The Hall–Kier alpha value is -2.29. The van der Waals surface area contributed by atoms with Gasteiger partial charge in [0.25, 0.3) is 0 Å². The molecule has 0 radical (unpaired) electrons. The van der Waals surface area contributed by atoms with Crippen LogP contribution in [0.25, 0.3) is 0 Å². The number of hydrogen-bond acceptors (Lipinski definition) is 5. The lowest BCUT2D eigenvalue weighted by Crippen LogP contribution is -2.48. The third-order valence-corrected chi connectivity index (χ3v) is 6.52. The first kappa shape index (κ1) is 19.5. The summed E-state index contributed by atoms with van der Waals surface area (Å²) in [6, 6.07) is 12.3. The van der Waals surface area contributed by atoms with Crippen LogP contribution < -0.4 is 0 Å². The zero-order chi connectivity index (χ0) is 19.4. The molecule has 6 nitrogen and oxygen atoms in total. The van der Waals surface area contributed by atoms with E-state index < -0.39 is 16.0 Å². The molecule has 0 saturated carbocycles. The fourth-order valence-electron chi connectivity index (χ4n) is 3.09. The van der Waals surface area contributed by atoms with Crippen molar-refractivity contribution in [1.29, 1.82) is 0 Å². The van der Waals surface area contributed by atoms with Crippen molar-refractivity contribution in [3.63, 3.8) is 0 Å². The summed E-state index contributed by atoms with van der Waals surface area (Å²) in [7, 11) is -2.57. The molecule has 0 atom stereocenters. The maximum atomic E-state index is 13.0. The van der Waals surface area contributed by atoms with E-state index in [2.05, 4.69) is 4.90 Å². The second kappa shape index (κ2) is 8.16. The highest BCUT2D eigenvalue weighted by atomic mass is 32.2. The highest BCUT2D eigenvalue weighted by Gasteiger charge is 2.31. The molecule has 1 aliphatic heterocycles. The van der Waals surface area contributed by atoms with Gasteiger partial charge < -0.3 is 4.74 Å². The van der Waals surface area contributed by atoms with Gasteiger partial charge in [0.15, 0.2) is 0 Å². The Morgan fingerprint density at radius 1 is 1.04 bits per heavy atom. The molecular weight excluding hydrogens is 371 g/mol. The number of sulfonamides is 1. The number of nitrogens with zero attached hydrogens (tertiary/aromatic N) is 2. The molecule has 0 N–H and O–H groups in total. The van der Waals surface area contributed by atoms with Gasteiger partial charge in [0.05, 0.1) is 17.6 Å². The topological polar surface area (TPSA) is 66.9 Å². The van der Waals surface area contributed by atoms with Crippen molar-refractivity contribution in [3.8, 4) is 0 Å². The van der Waals surface area contributed by atoms with E-state index in [4.69, 9.17) is 4.74 Å². The summed E-state index contributed by atoms with van der Waals surface area (Å²) in [5.74, 6) is -0.956. The Morgan fingerprint density at radius 3 is 2.30 bits per heavy atom. The number of esters is 1. The predicted molar refractivity (Wildman–Crippen MR) is 98.2 cm³/mol. The summed E-state index contributed by atoms with van der Waals surface area (Å²) in [5.41, 5.74) is 1.01. The highest BCUT2D eigenvalue weighted by molar-refractivity contribution is 7.89. The molecule has 0 aromatic heterocycles. The average molecular weight is 392 g/mol. The first-order valence-corrected chi connectivity index (χ1v) is 10.00. The Morgan fingerprint density at radius 2 is 1.67 bits per heavy atom. The van der Waals surface area contributed by atoms with Crippen molar-refractivity contribution in [3.05, 3.63) is 65.5 Å². The summed E-state index contributed by atoms with van der Waals surface area (Å²) in [6.07, 6.45) is 0. The molecule has 3 rings (SSSR count). The van der Waals surface area contributed by atoms with E-state index in [0.717, 1.165) is 5.56 Å². The van der Waals surface area contributed by atoms with Crippen LogP contribution in [0.15, 0.2) is 53.4 Å². The number of carbonyl (C=O) groups is 1. The Kier molecular flexibility index (Phi) is 5.88. The lowest BCUT2D eigenvalue weighted by molar-refractivity contribution is 0.0596. The number of benzene rings is 2. The van der Waals surface area contributed by atoms with E-state index in [1.807, 2.05) is 0 Å². The average Bonchev–Trinajstić information content (AvgIpc) is 2.69. The molecule has 0 aliphatic carbocycles. The van der Waals surface area contributed by atoms with Crippen LogP contribution in [0.3, 0.4) is 0 Å². The third-order valence-electron chi connectivity index (χ3n) is 4.56. The number of rotatable bonds is 5. The summed E-state index contributed by atoms with van der Waals surface area (Å²) in [5, 5.41) is 0. The van der Waals surface area contributed by atoms with Gasteiger partial charge in [-0.2, -0.15) is 4.31 Å². The van der Waals surface area contributed by atoms with Gasteiger partial charge in [0.2, 0.25) is 10.0 Å². The minimum Gasteiger partial charge on any atom is -0.465 e. The number of halogens is 1. The van der Waals surface area contributed by atoms with Gasteiger partial charge in [0, 0.05) is 32.7 Å². The summed E-state index contributed by atoms with van der Waals surface area (Å²) < 4.78 is 45.1. The maximum absolute atomic E-state index is 13.0. The lowest BCUT2D eigenvalue weighted by Gasteiger charge is -2.34. The van der Waals surface area contributed by atoms with Gasteiger partial charge in [0.1, 0.15) is 5.82 Å². The fourth-order valence-corrected chi connectivity index (χ4v) is 4.69. The van der Waals surface area contributed by atoms with E-state index in [1.54, 1.807) is 24.3 Å². The third kappa shape index (κ3) is 4.35. The highest BCUT2D eigenvalue weighted by Crippen LogP contribution is 2.22. The second-order valence-corrected chi connectivity index (χ2v) is 8.20. The van der Waals surface area contributed by atoms with Crippen LogP contribution in [0, 0.1) is 5.82 Å². The molecule has 1 saturated heterocycles. The largest absolute Gasteiger partial charge is 0.465 e. The first-order valence-electron chi connectivity index (χ1n) is 8.56. The van der Waals surface area contributed by atoms with Gasteiger partial charge in [-0.25, -0.2) is 17.6 Å². The van der Waals surface area contributed by atoms with E-state index in [-0.39, 0.29) is 16.3 Å². The number of ether oxygens (including phenoxy) is 1. The van der Waals surface area contributed by atoms with Gasteiger partial charge in [-0.3, -0.25) is 4.90 Å². The Balaban J connectivity index is 1.70. The molecule has 144 valence electrons. The summed E-state index contributed by atoms with van der Waals surface area (Å²) in [4.78, 5) is 14.0. The second-order valence-electron chi connectivity index (χ2n) is 6.29. The molecule has 27 heavy (non-hydrogen) atoms. The molecule has 2 aromatic rings. The van der Waals surface area contributed by atoms with Crippen molar-refractivity contribution in [2.75, 3.05) is 33.3 Å². The van der Waals surface area contributed by atoms with Crippen LogP contribution in [0.5, 0.6) is 0 Å². The van der Waals surface area contributed by atoms with E-state index in [0.29, 0.717) is 32.7 Å². The quantitative estimate of drug-likeness (QED) is 0.730. The molecule has 1 fully saturated rings. The molecule has 0 bridgehead atoms. The number of methoxy groups -OCH3 is 1. The molecular formula is C19H21FN2O4S. The molecule has 2 aromatic carbocycles. The summed E-state index contributed by atoms with van der Waals surface area (Å²) >= 11 is 0. The number of hydrogen-bond donors (Lipinski definition) is 0. The molecule has 8 heteroatoms. The van der Waals surface area contributed by atoms with Crippen LogP contribution in [0.2, 0.25) is 0 Å². The van der Waals surface area contributed by atoms with Gasteiger partial charge >= 0.3 is 5.97 Å². The molecule has 1 heterocycles. The molecule has 0 spiro atoms. The van der Waals surface area contributed by atoms with Crippen LogP contribution in [0.4, 0.5) is 4.39 Å². The van der Waals surface area contributed by atoms with E-state index in [1.165, 1.54) is 35.7 Å². The molecule has 0 unspecified atom stereocenters. The van der Waals surface area contributed by atoms with Gasteiger partial charge in [-0.15, -0.1) is 0 Å². The van der Waals surface area contributed by atoms with Gasteiger partial charge in [-0.1, -0.05) is 24.3 Å². The molecule has 1 aliphatic rings. The minimum absolute atomic E-state index is 0.0359. The molecule has 0 amide bonds. The first-order chi connectivity index (χ1) is 12.9. The van der Waals surface area contributed by atoms with Crippen molar-refractivity contribution in [2.45, 2.75) is 11.4 Å². The van der Waals surface area contributed by atoms with Crippen molar-refractivity contribution < 1.29 is 22.3 Å². The monoisotopic (exact) mass is 392 g/mol. The maximum Gasteiger partial charge on any atom is 0.339 e. The van der Waals surface area contributed by atoms with Crippen LogP contribution in [-0.4, -0.2) is 56.9 Å². The number of piperazine rings is 1. The normalized spacial score (nSPS) is 16.2. The smallest absolute Gasteiger partial charge is 0.339 e. The van der Waals surface area contributed by atoms with E-state index >= 15 is 0 Å². The van der Waals surface area contributed by atoms with Crippen molar-refractivity contribution in [1.82, 2.24) is 9.21 Å². The van der Waals surface area contributed by atoms with Crippen LogP contribution in [-0.2, 0) is 21.3 Å². The van der Waals surface area contributed by atoms with Gasteiger partial charge in [-0.05, 0) is 29.8 Å². The Labute approximate surface area is 158 Å². The number of carbonyl (C=O) groups excluding carboxylic acids is 1. The summed E-state index contributed by atoms with van der Waals surface area (Å²) in [6.45, 7) is 2.37. The predicted octanol–water partition coefficient (Wildman–Crippen LogP) is 2.12. The lowest BCUT2D eigenvalue weighted by atomic mass is 10.2. The van der Waals surface area contributed by atoms with Crippen LogP contribution in [0.1, 0.15) is 15.9 Å². The fraction of sp³-hybridized carbons (Fsp3) is 0.316. The Bertz CT molecular complexity index is 908. The van der Waals surface area contributed by atoms with Crippen molar-refractivity contribution >= 4 is 16.0 Å². The van der Waals surface area contributed by atoms with Crippen LogP contribution >= 0.6 is 0 Å².